The van der Waals surface area contributed by atoms with Crippen molar-refractivity contribution in [3.63, 3.8) is 0 Å². The van der Waals surface area contributed by atoms with E-state index < -0.39 is 12.3 Å². The number of nitrogens with zero attached hydrogens (tertiary/aromatic N) is 2. The zero-order chi connectivity index (χ0) is 19.9. The van der Waals surface area contributed by atoms with Gasteiger partial charge in [0.25, 0.3) is 6.43 Å². The first-order valence-corrected chi connectivity index (χ1v) is 8.32. The summed E-state index contributed by atoms with van der Waals surface area (Å²) in [6.45, 7) is 9.74. The summed E-state index contributed by atoms with van der Waals surface area (Å²) < 4.78 is 25.0. The van der Waals surface area contributed by atoms with Crippen LogP contribution in [0, 0.1) is 6.92 Å². The molecule has 142 valence electrons. The first-order valence-electron chi connectivity index (χ1n) is 8.32. The van der Waals surface area contributed by atoms with Crippen molar-refractivity contribution in [2.45, 2.75) is 52.6 Å². The molecule has 26 heavy (non-hydrogen) atoms. The third kappa shape index (κ3) is 7.70. The molecule has 1 aromatic carbocycles. The summed E-state index contributed by atoms with van der Waals surface area (Å²) in [5.74, 6) is -0.412. The Balaban J connectivity index is 0.000000289. The fourth-order valence-corrected chi connectivity index (χ4v) is 2.31. The molecule has 1 unspecified atom stereocenters. The average molecular weight is 362 g/mol. The van der Waals surface area contributed by atoms with Gasteiger partial charge in [0, 0.05) is 23.0 Å². The van der Waals surface area contributed by atoms with E-state index in [-0.39, 0.29) is 17.1 Å². The van der Waals surface area contributed by atoms with E-state index in [4.69, 9.17) is 5.73 Å². The molecule has 0 saturated carbocycles. The van der Waals surface area contributed by atoms with Crippen LogP contribution in [0.2, 0.25) is 0 Å². The van der Waals surface area contributed by atoms with Gasteiger partial charge < -0.3 is 11.1 Å². The van der Waals surface area contributed by atoms with Crippen LogP contribution in [-0.2, 0) is 0 Å². The van der Waals surface area contributed by atoms with Gasteiger partial charge in [-0.3, -0.25) is 9.78 Å². The highest BCUT2D eigenvalue weighted by Gasteiger charge is 2.08. The molecule has 0 aliphatic heterocycles. The highest BCUT2D eigenvalue weighted by Crippen LogP contribution is 2.31. The lowest BCUT2D eigenvalue weighted by atomic mass is 10.0. The number of carbonyl (C=O) groups excluding carboxylic acids is 1. The molecule has 1 atom stereocenters. The van der Waals surface area contributed by atoms with Crippen LogP contribution in [0.25, 0.3) is 5.32 Å². The summed E-state index contributed by atoms with van der Waals surface area (Å²) in [4.78, 5) is 14.5. The maximum absolute atomic E-state index is 12.5. The molecule has 1 aromatic heterocycles. The van der Waals surface area contributed by atoms with Gasteiger partial charge in [0.05, 0.1) is 0 Å². The van der Waals surface area contributed by atoms with E-state index in [1.807, 2.05) is 40.7 Å². The zero-order valence-corrected chi connectivity index (χ0v) is 15.8. The minimum Gasteiger partial charge on any atom is -0.651 e. The normalized spacial score (nSPS) is 12.3. The predicted molar refractivity (Wildman–Crippen MR) is 100 cm³/mol. The van der Waals surface area contributed by atoms with Gasteiger partial charge in [0.1, 0.15) is 0 Å². The molecule has 2 aromatic rings. The Hall–Kier alpha value is -2.34. The number of rotatable bonds is 4. The second-order valence-corrected chi connectivity index (χ2v) is 7.00. The van der Waals surface area contributed by atoms with Gasteiger partial charge >= 0.3 is 0 Å². The molecule has 0 bridgehead atoms. The van der Waals surface area contributed by atoms with Crippen molar-refractivity contribution >= 4 is 5.91 Å². The van der Waals surface area contributed by atoms with E-state index in [2.05, 4.69) is 10.3 Å². The van der Waals surface area contributed by atoms with Gasteiger partial charge in [-0.15, -0.1) is 11.6 Å². The molecule has 4 nitrogen and oxygen atoms in total. The molecular formula is C20H26F2N3O-. The number of benzene rings is 1. The van der Waals surface area contributed by atoms with Crippen molar-refractivity contribution in [2.75, 3.05) is 0 Å². The zero-order valence-electron chi connectivity index (χ0n) is 15.8. The number of aromatic nitrogens is 1. The van der Waals surface area contributed by atoms with Crippen LogP contribution in [0.3, 0.4) is 0 Å². The SMILES string of the molecule is CC([N-]C(C)(C)C)c1cccc(C(F)F)c1.Cc1cc(C(N)=O)ccn1. The first kappa shape index (κ1) is 21.7. The Morgan fingerprint density at radius 3 is 2.23 bits per heavy atom. The largest absolute Gasteiger partial charge is 0.651 e. The third-order valence-electron chi connectivity index (χ3n) is 3.41. The van der Waals surface area contributed by atoms with E-state index in [0.717, 1.165) is 11.3 Å². The number of amides is 1. The molecule has 6 heteroatoms. The van der Waals surface area contributed by atoms with Crippen molar-refractivity contribution in [1.82, 2.24) is 4.98 Å². The summed E-state index contributed by atoms with van der Waals surface area (Å²) in [6.07, 6.45) is -0.850. The highest BCUT2D eigenvalue weighted by atomic mass is 19.3. The number of carbonyl (C=O) groups is 1. The van der Waals surface area contributed by atoms with Crippen LogP contribution < -0.4 is 5.73 Å². The number of pyridine rings is 1. The van der Waals surface area contributed by atoms with E-state index >= 15 is 0 Å². The van der Waals surface area contributed by atoms with Gasteiger partial charge in [-0.2, -0.15) is 0 Å². The number of aryl methyl sites for hydroxylation is 1. The molecule has 0 aliphatic rings. The summed E-state index contributed by atoms with van der Waals surface area (Å²) in [7, 11) is 0. The molecule has 0 radical (unpaired) electrons. The maximum Gasteiger partial charge on any atom is 0.263 e. The first-order chi connectivity index (χ1) is 12.0. The second-order valence-electron chi connectivity index (χ2n) is 7.00. The monoisotopic (exact) mass is 362 g/mol. The van der Waals surface area contributed by atoms with Crippen LogP contribution >= 0.6 is 0 Å². The molecule has 1 heterocycles. The Labute approximate surface area is 153 Å². The average Bonchev–Trinajstić information content (AvgIpc) is 2.54. The van der Waals surface area contributed by atoms with Gasteiger partial charge in [0.15, 0.2) is 0 Å². The summed E-state index contributed by atoms with van der Waals surface area (Å²) in [5, 5.41) is 4.54. The van der Waals surface area contributed by atoms with Crippen molar-refractivity contribution in [2.24, 2.45) is 5.73 Å². The molecule has 0 spiro atoms. The highest BCUT2D eigenvalue weighted by molar-refractivity contribution is 5.92. The fraction of sp³-hybridized carbons (Fsp3) is 0.400. The fourth-order valence-electron chi connectivity index (χ4n) is 2.31. The number of primary amides is 1. The van der Waals surface area contributed by atoms with E-state index in [0.29, 0.717) is 5.56 Å². The molecule has 0 aliphatic carbocycles. The van der Waals surface area contributed by atoms with E-state index in [9.17, 15) is 13.6 Å². The van der Waals surface area contributed by atoms with Gasteiger partial charge in [-0.25, -0.2) is 8.78 Å². The number of hydrogen-bond donors (Lipinski definition) is 1. The summed E-state index contributed by atoms with van der Waals surface area (Å²) >= 11 is 0. The Morgan fingerprint density at radius 1 is 1.15 bits per heavy atom. The Bertz CT molecular complexity index is 727. The van der Waals surface area contributed by atoms with Gasteiger partial charge in [0.2, 0.25) is 5.91 Å². The van der Waals surface area contributed by atoms with Crippen LogP contribution in [0.1, 0.15) is 67.3 Å². The van der Waals surface area contributed by atoms with Crippen LogP contribution in [0.5, 0.6) is 0 Å². The smallest absolute Gasteiger partial charge is 0.263 e. The molecular weight excluding hydrogens is 336 g/mol. The molecule has 2 N–H and O–H groups in total. The number of hydrogen-bond acceptors (Lipinski definition) is 2. The number of alkyl halides is 2. The van der Waals surface area contributed by atoms with E-state index in [1.54, 1.807) is 24.4 Å². The second kappa shape index (κ2) is 9.38. The van der Waals surface area contributed by atoms with Crippen molar-refractivity contribution < 1.29 is 13.6 Å². The molecule has 1 amide bonds. The number of halogens is 2. The molecule has 0 fully saturated rings. The van der Waals surface area contributed by atoms with E-state index in [1.165, 1.54) is 12.1 Å². The van der Waals surface area contributed by atoms with Crippen molar-refractivity contribution in [3.8, 4) is 0 Å². The lowest BCUT2D eigenvalue weighted by Crippen LogP contribution is -2.14. The van der Waals surface area contributed by atoms with Crippen LogP contribution in [0.4, 0.5) is 8.78 Å². The minimum atomic E-state index is -2.42. The summed E-state index contributed by atoms with van der Waals surface area (Å²) in [6, 6.07) is 9.66. The molecule has 2 rings (SSSR count). The van der Waals surface area contributed by atoms with Crippen LogP contribution in [0.15, 0.2) is 42.6 Å². The molecule has 0 saturated heterocycles. The Kier molecular flexibility index (Phi) is 7.83. The van der Waals surface area contributed by atoms with Crippen molar-refractivity contribution in [3.05, 3.63) is 70.3 Å². The van der Waals surface area contributed by atoms with Gasteiger partial charge in [-0.05, 0) is 19.1 Å². The lowest BCUT2D eigenvalue weighted by Gasteiger charge is -2.42. The lowest BCUT2D eigenvalue weighted by molar-refractivity contribution is 0.1000. The van der Waals surface area contributed by atoms with Crippen molar-refractivity contribution in [1.29, 1.82) is 0 Å². The summed E-state index contributed by atoms with van der Waals surface area (Å²) in [5.41, 5.74) is 7.08. The standard InChI is InChI=1S/C13H18F2N.C7H8N2O/c1-9(16-13(2,3)4)10-6-5-7-11(8-10)12(14)15;1-5-4-6(7(8)10)2-3-9-5/h5-9,12H,1-4H3;2-4H,1H3,(H2,8,10)/q-1;. The van der Waals surface area contributed by atoms with Crippen LogP contribution in [-0.4, -0.2) is 16.4 Å². The minimum absolute atomic E-state index is 0.0568. The third-order valence-corrected chi connectivity index (χ3v) is 3.41. The number of nitrogens with two attached hydrogens (primary N) is 1. The topological polar surface area (TPSA) is 70.1 Å². The van der Waals surface area contributed by atoms with Gasteiger partial charge in [-0.1, -0.05) is 57.5 Å². The quantitative estimate of drug-likeness (QED) is 0.797. The Morgan fingerprint density at radius 2 is 1.77 bits per heavy atom. The predicted octanol–water partition coefficient (Wildman–Crippen LogP) is 5.35. The maximum atomic E-state index is 12.5.